The molecule has 0 saturated heterocycles. The van der Waals surface area contributed by atoms with Crippen LogP contribution in [0.5, 0.6) is 0 Å². The van der Waals surface area contributed by atoms with Crippen LogP contribution in [-0.4, -0.2) is 49.6 Å². The number of nitrogens with zero attached hydrogens (tertiary/aromatic N) is 1. The number of nitrogens with two attached hydrogens (primary N) is 1. The van der Waals surface area contributed by atoms with E-state index in [4.69, 9.17) is 14.8 Å². The molecule has 24 heavy (non-hydrogen) atoms. The normalized spacial score (nSPS) is 14.9. The summed E-state index contributed by atoms with van der Waals surface area (Å²) in [6, 6.07) is 0.739. The van der Waals surface area contributed by atoms with Crippen molar-refractivity contribution in [2.24, 2.45) is 5.73 Å². The van der Waals surface area contributed by atoms with E-state index in [9.17, 15) is 4.80 Å². The van der Waals surface area contributed by atoms with Crippen LogP contribution < -0.4 is 5.73 Å². The molecule has 0 radical (unpaired) electrons. The summed E-state index contributed by atoms with van der Waals surface area (Å²) < 4.78 is 14.5. The fourth-order valence-electron chi connectivity index (χ4n) is 2.33. The van der Waals surface area contributed by atoms with Gasteiger partial charge in [-0.15, -0.1) is 0 Å². The van der Waals surface area contributed by atoms with Crippen LogP contribution in [0.2, 0.25) is 18.1 Å². The van der Waals surface area contributed by atoms with Gasteiger partial charge in [0.25, 0.3) is 8.53 Å². The number of hydrogen-bond acceptors (Lipinski definition) is 5. The first-order chi connectivity index (χ1) is 10.9. The molecule has 0 spiro atoms. The summed E-state index contributed by atoms with van der Waals surface area (Å²) in [7, 11) is -3.21. The van der Waals surface area contributed by atoms with Crippen molar-refractivity contribution < 1.29 is 13.8 Å². The van der Waals surface area contributed by atoms with Crippen LogP contribution in [0.4, 0.5) is 0 Å². The summed E-state index contributed by atoms with van der Waals surface area (Å²) in [6.07, 6.45) is 2.76. The van der Waals surface area contributed by atoms with Crippen LogP contribution >= 0.6 is 8.53 Å². The Hall–Kier alpha value is 0.447. The Morgan fingerprint density at radius 1 is 1.04 bits per heavy atom. The van der Waals surface area contributed by atoms with E-state index in [1.165, 1.54) is 0 Å². The molecule has 1 atom stereocenters. The Bertz CT molecular complexity index is 328. The summed E-state index contributed by atoms with van der Waals surface area (Å²) in [6.45, 7) is 19.0. The number of hydrogen-bond donors (Lipinski definition) is 2. The van der Waals surface area contributed by atoms with Crippen molar-refractivity contribution in [1.82, 2.24) is 4.67 Å². The minimum absolute atomic E-state index is 0.00466. The van der Waals surface area contributed by atoms with Gasteiger partial charge in [0.15, 0.2) is 8.32 Å². The first-order valence-electron chi connectivity index (χ1n) is 9.20. The maximum Gasteiger partial charge on any atom is 0.259 e. The fraction of sp³-hybridized carbons (Fsp3) is 1.00. The van der Waals surface area contributed by atoms with Crippen molar-refractivity contribution >= 4 is 16.8 Å². The van der Waals surface area contributed by atoms with Crippen LogP contribution in [0.25, 0.3) is 0 Å². The van der Waals surface area contributed by atoms with Gasteiger partial charge in [-0.2, -0.15) is 0 Å². The highest BCUT2D eigenvalue weighted by atomic mass is 31.2. The Kier molecular flexibility index (Phi) is 11.4. The van der Waals surface area contributed by atoms with Crippen LogP contribution in [-0.2, 0) is 9.05 Å². The Balaban J connectivity index is 4.61. The van der Waals surface area contributed by atoms with E-state index < -0.39 is 16.8 Å². The van der Waals surface area contributed by atoms with Gasteiger partial charge in [-0.3, -0.25) is 0 Å². The monoisotopic (exact) mass is 380 g/mol. The van der Waals surface area contributed by atoms with Crippen LogP contribution in [0.3, 0.4) is 0 Å². The zero-order chi connectivity index (χ0) is 19.0. The van der Waals surface area contributed by atoms with Gasteiger partial charge in [0, 0.05) is 12.1 Å². The summed E-state index contributed by atoms with van der Waals surface area (Å²) in [4.78, 5) is 10.4. The van der Waals surface area contributed by atoms with Gasteiger partial charge in [0.1, 0.15) is 0 Å². The van der Waals surface area contributed by atoms with Crippen LogP contribution in [0, 0.1) is 0 Å². The second-order valence-corrected chi connectivity index (χ2v) is 14.1. The average molecular weight is 381 g/mol. The van der Waals surface area contributed by atoms with Gasteiger partial charge < -0.3 is 19.6 Å². The molecule has 146 valence electrons. The minimum atomic E-state index is -2.15. The molecule has 0 aliphatic heterocycles. The molecule has 0 aromatic rings. The maximum atomic E-state index is 10.4. The molecule has 5 nitrogen and oxygen atoms in total. The zero-order valence-electron chi connectivity index (χ0n) is 17.1. The summed E-state index contributed by atoms with van der Waals surface area (Å²) in [5, 5.41) is -0.00466. The van der Waals surface area contributed by atoms with E-state index >= 15 is 0 Å². The highest BCUT2D eigenvalue weighted by molar-refractivity contribution is 7.44. The predicted molar refractivity (Wildman–Crippen MR) is 108 cm³/mol. The second kappa shape index (κ2) is 11.2. The lowest BCUT2D eigenvalue weighted by Crippen LogP contribution is -2.39. The lowest BCUT2D eigenvalue weighted by atomic mass is 10.1. The predicted octanol–water partition coefficient (Wildman–Crippen LogP) is 4.47. The molecule has 3 N–H and O–H groups in total. The third kappa shape index (κ3) is 8.70. The third-order valence-corrected chi connectivity index (χ3v) is 10.3. The van der Waals surface area contributed by atoms with Crippen LogP contribution in [0.15, 0.2) is 0 Å². The van der Waals surface area contributed by atoms with E-state index in [-0.39, 0.29) is 5.04 Å². The van der Waals surface area contributed by atoms with Crippen molar-refractivity contribution in [1.29, 1.82) is 0 Å². The van der Waals surface area contributed by atoms with Gasteiger partial charge in [0.05, 0.1) is 13.2 Å². The van der Waals surface area contributed by atoms with Gasteiger partial charge in [-0.05, 0) is 71.6 Å². The topological polar surface area (TPSA) is 68.0 Å². The molecular formula is C17H41N2O3PSi. The van der Waals surface area contributed by atoms with Crippen molar-refractivity contribution in [2.75, 3.05) is 19.8 Å². The highest BCUT2D eigenvalue weighted by Gasteiger charge is 2.37. The van der Waals surface area contributed by atoms with Crippen molar-refractivity contribution in [2.45, 2.75) is 91.0 Å². The molecule has 7 heteroatoms. The molecule has 0 rings (SSSR count). The highest BCUT2D eigenvalue weighted by Crippen LogP contribution is 2.47. The molecule has 0 aromatic heterocycles. The second-order valence-electron chi connectivity index (χ2n) is 8.16. The van der Waals surface area contributed by atoms with E-state index in [0.29, 0.717) is 31.8 Å². The van der Waals surface area contributed by atoms with Crippen molar-refractivity contribution in [3.8, 4) is 0 Å². The molecule has 1 unspecified atom stereocenters. The molecular weight excluding hydrogens is 339 g/mol. The van der Waals surface area contributed by atoms with E-state index in [1.807, 2.05) is 13.1 Å². The lowest BCUT2D eigenvalue weighted by Gasteiger charge is -2.37. The van der Waals surface area contributed by atoms with E-state index in [1.54, 1.807) is 0 Å². The first-order valence-corrected chi connectivity index (χ1v) is 13.3. The summed E-state index contributed by atoms with van der Waals surface area (Å²) in [5.41, 5.74) is 5.57. The van der Waals surface area contributed by atoms with E-state index in [0.717, 1.165) is 19.3 Å². The number of rotatable bonds is 13. The Morgan fingerprint density at radius 2 is 1.50 bits per heavy atom. The fourth-order valence-corrected chi connectivity index (χ4v) is 4.79. The van der Waals surface area contributed by atoms with Crippen LogP contribution in [0.1, 0.15) is 60.8 Å². The minimum Gasteiger partial charge on any atom is -0.432 e. The maximum absolute atomic E-state index is 10.4. The largest absolute Gasteiger partial charge is 0.432 e. The molecule has 0 heterocycles. The Labute approximate surface area is 152 Å². The molecule has 0 bridgehead atoms. The molecule has 0 aliphatic rings. The molecule has 0 aliphatic carbocycles. The Morgan fingerprint density at radius 3 is 1.88 bits per heavy atom. The molecule has 0 aromatic carbocycles. The molecule has 0 saturated carbocycles. The quantitative estimate of drug-likeness (QED) is 0.280. The smallest absolute Gasteiger partial charge is 0.259 e. The average Bonchev–Trinajstić information content (AvgIpc) is 2.41. The summed E-state index contributed by atoms with van der Waals surface area (Å²) >= 11 is 0. The van der Waals surface area contributed by atoms with Gasteiger partial charge in [0.2, 0.25) is 0 Å². The van der Waals surface area contributed by atoms with Gasteiger partial charge in [-0.25, -0.2) is 4.67 Å². The van der Waals surface area contributed by atoms with Crippen molar-refractivity contribution in [3.05, 3.63) is 0 Å². The van der Waals surface area contributed by atoms with Crippen molar-refractivity contribution in [3.63, 3.8) is 0 Å². The van der Waals surface area contributed by atoms with Gasteiger partial charge >= 0.3 is 0 Å². The SMILES string of the molecule is CC(C)N(C(C)C)P(OCCCN)OCCCC(C)(C)[Si](C)(C)O. The molecule has 0 fully saturated rings. The lowest BCUT2D eigenvalue weighted by molar-refractivity contribution is 0.170. The van der Waals surface area contributed by atoms with E-state index in [2.05, 4.69) is 46.2 Å². The van der Waals surface area contributed by atoms with Gasteiger partial charge in [-0.1, -0.05) is 13.8 Å². The molecule has 0 amide bonds. The standard InChI is InChI=1S/C17H41N2O3PSi/c1-15(2)19(16(3)4)23(22-14-10-12-18)21-13-9-11-17(5,6)24(7,8)20/h15-16,20H,9-14,18H2,1-8H3. The zero-order valence-corrected chi connectivity index (χ0v) is 19.0. The third-order valence-electron chi connectivity index (χ3n) is 4.60. The summed E-state index contributed by atoms with van der Waals surface area (Å²) in [5.74, 6) is 0. The first kappa shape index (κ1) is 24.4.